The minimum absolute atomic E-state index is 0.0509. The van der Waals surface area contributed by atoms with Crippen molar-refractivity contribution < 1.29 is 28.9 Å². The fourth-order valence-corrected chi connectivity index (χ4v) is 5.68. The Morgan fingerprint density at radius 1 is 1.38 bits per heavy atom. The zero-order valence-electron chi connectivity index (χ0n) is 19.4. The molecule has 37 heavy (non-hydrogen) atoms. The first-order valence-corrected chi connectivity index (χ1v) is 12.5. The minimum Gasteiger partial charge on any atom is -0.543 e. The van der Waals surface area contributed by atoms with Gasteiger partial charge in [0, 0.05) is 23.4 Å². The third-order valence-electron chi connectivity index (χ3n) is 5.64. The molecule has 1 saturated heterocycles. The average molecular weight is 542 g/mol. The lowest BCUT2D eigenvalue weighted by Crippen LogP contribution is -2.71. The topological polar surface area (TPSA) is 184 Å². The first-order chi connectivity index (χ1) is 17.8. The highest BCUT2D eigenvalue weighted by Crippen LogP contribution is 2.40. The Morgan fingerprint density at radius 2 is 2.19 bits per heavy atom. The van der Waals surface area contributed by atoms with Crippen molar-refractivity contribution >= 4 is 63.6 Å². The number of nitrogens with zero attached hydrogens (tertiary/aromatic N) is 7. The number of nitrogens with one attached hydrogen (secondary N) is 1. The molecule has 3 aromatic rings. The van der Waals surface area contributed by atoms with E-state index in [0.29, 0.717) is 11.3 Å². The summed E-state index contributed by atoms with van der Waals surface area (Å²) < 4.78 is 7.55. The second kappa shape index (κ2) is 9.62. The van der Waals surface area contributed by atoms with Crippen molar-refractivity contribution in [2.24, 2.45) is 12.2 Å². The van der Waals surface area contributed by atoms with Crippen molar-refractivity contribution in [3.8, 4) is 0 Å². The number of aryl methyl sites for hydroxylation is 1. The number of aromatic nitrogens is 5. The molecule has 14 nitrogen and oxygen atoms in total. The first-order valence-electron chi connectivity index (χ1n) is 10.7. The Morgan fingerprint density at radius 3 is 2.89 bits per heavy atom. The molecular weight excluding hydrogens is 522 g/mol. The number of β-lactam (4-membered cyclic amide) rings is 1. The number of imidazole rings is 1. The third-order valence-corrected chi connectivity index (χ3v) is 7.48. The van der Waals surface area contributed by atoms with Gasteiger partial charge in [0.15, 0.2) is 11.3 Å². The average Bonchev–Trinajstić information content (AvgIpc) is 3.48. The molecule has 2 aliphatic heterocycles. The predicted octanol–water partition coefficient (Wildman–Crippen LogP) is -1.94. The highest BCUT2D eigenvalue weighted by atomic mass is 32.2. The summed E-state index contributed by atoms with van der Waals surface area (Å²) in [5.74, 6) is -2.64. The fourth-order valence-electron chi connectivity index (χ4n) is 3.92. The van der Waals surface area contributed by atoms with Crippen LogP contribution in [0.25, 0.3) is 11.7 Å². The second-order valence-corrected chi connectivity index (χ2v) is 9.79. The number of aliphatic carboxylic acids is 1. The number of anilines is 1. The molecular formula is C21H19N9O5S2. The molecule has 190 valence electrons. The smallest absolute Gasteiger partial charge is 0.306 e. The van der Waals surface area contributed by atoms with Gasteiger partial charge in [-0.05, 0) is 17.7 Å². The van der Waals surface area contributed by atoms with Gasteiger partial charge in [-0.2, -0.15) is 9.36 Å². The number of amides is 2. The van der Waals surface area contributed by atoms with Gasteiger partial charge in [-0.25, -0.2) is 4.57 Å². The number of rotatable bonds is 7. The highest BCUT2D eigenvalue weighted by Gasteiger charge is 2.53. The molecule has 0 spiro atoms. The van der Waals surface area contributed by atoms with Crippen LogP contribution in [0.5, 0.6) is 0 Å². The lowest BCUT2D eigenvalue weighted by Gasteiger charge is -2.50. The monoisotopic (exact) mass is 541 g/mol. The number of carbonyl (C=O) groups is 3. The largest absolute Gasteiger partial charge is 0.543 e. The van der Waals surface area contributed by atoms with Crippen LogP contribution in [0.3, 0.4) is 0 Å². The quantitative estimate of drug-likeness (QED) is 0.148. The van der Waals surface area contributed by atoms with Crippen molar-refractivity contribution in [2.45, 2.75) is 11.4 Å². The molecule has 5 rings (SSSR count). The maximum atomic E-state index is 12.9. The normalized spacial score (nSPS) is 19.8. The van der Waals surface area contributed by atoms with Gasteiger partial charge in [0.1, 0.15) is 30.4 Å². The summed E-state index contributed by atoms with van der Waals surface area (Å²) in [6.07, 6.45) is 6.94. The highest BCUT2D eigenvalue weighted by molar-refractivity contribution is 8.00. The third kappa shape index (κ3) is 4.40. The SMILES string of the molecule is CO/N=C(\C(=O)N[C@@H]1C(=O)N2C(C(=O)[O-])=C(/C=C\c3ccc4n(cc[n+]4C)n3)CS[C@H]12)c1nsc(N)n1. The first kappa shape index (κ1) is 24.4. The Balaban J connectivity index is 1.35. The second-order valence-electron chi connectivity index (χ2n) is 7.90. The van der Waals surface area contributed by atoms with Gasteiger partial charge in [-0.1, -0.05) is 16.3 Å². The summed E-state index contributed by atoms with van der Waals surface area (Å²) in [6.45, 7) is 0. The number of allylic oxidation sites excluding steroid dienone is 1. The van der Waals surface area contributed by atoms with Crippen molar-refractivity contribution in [1.29, 1.82) is 0 Å². The molecule has 0 aliphatic carbocycles. The number of fused-ring (bicyclic) bond motifs is 2. The van der Waals surface area contributed by atoms with Gasteiger partial charge < -0.3 is 25.8 Å². The van der Waals surface area contributed by atoms with Crippen LogP contribution in [0.4, 0.5) is 5.13 Å². The number of carbonyl (C=O) groups excluding carboxylic acids is 3. The number of thioether (sulfide) groups is 1. The summed E-state index contributed by atoms with van der Waals surface area (Å²) in [4.78, 5) is 47.5. The Hall–Kier alpha value is -4.31. The summed E-state index contributed by atoms with van der Waals surface area (Å²) in [6, 6.07) is 2.69. The number of oxime groups is 1. The lowest BCUT2D eigenvalue weighted by atomic mass is 10.0. The molecule has 1 fully saturated rings. The van der Waals surface area contributed by atoms with Crippen molar-refractivity contribution in [2.75, 3.05) is 18.6 Å². The molecule has 3 aromatic heterocycles. The maximum Gasteiger partial charge on any atom is 0.306 e. The number of hydrogen-bond acceptors (Lipinski definition) is 12. The number of hydrogen-bond donors (Lipinski definition) is 2. The van der Waals surface area contributed by atoms with Crippen LogP contribution in [-0.4, -0.2) is 71.6 Å². The molecule has 0 saturated carbocycles. The van der Waals surface area contributed by atoms with Crippen molar-refractivity contribution in [3.05, 3.63) is 53.4 Å². The van der Waals surface area contributed by atoms with E-state index in [9.17, 15) is 19.5 Å². The fraction of sp³-hybridized carbons (Fsp3) is 0.238. The zero-order valence-corrected chi connectivity index (χ0v) is 21.0. The molecule has 2 atom stereocenters. The molecule has 3 N–H and O–H groups in total. The van der Waals surface area contributed by atoms with E-state index in [2.05, 4.69) is 24.9 Å². The summed E-state index contributed by atoms with van der Waals surface area (Å²) in [7, 11) is 3.14. The maximum absolute atomic E-state index is 12.9. The molecule has 0 unspecified atom stereocenters. The van der Waals surface area contributed by atoms with E-state index in [1.54, 1.807) is 28.9 Å². The van der Waals surface area contributed by atoms with Gasteiger partial charge in [0.05, 0.1) is 18.7 Å². The van der Waals surface area contributed by atoms with Gasteiger partial charge >= 0.3 is 5.65 Å². The number of nitrogen functional groups attached to an aromatic ring is 1. The van der Waals surface area contributed by atoms with Gasteiger partial charge in [-0.3, -0.25) is 14.5 Å². The van der Waals surface area contributed by atoms with Crippen LogP contribution in [0.15, 0.2) is 47.0 Å². The summed E-state index contributed by atoms with van der Waals surface area (Å²) in [5, 5.41) is 22.2. The molecule has 2 amide bonds. The summed E-state index contributed by atoms with van der Waals surface area (Å²) >= 11 is 2.17. The van der Waals surface area contributed by atoms with Gasteiger partial charge in [0.2, 0.25) is 11.5 Å². The molecule has 16 heteroatoms. The van der Waals surface area contributed by atoms with Crippen LogP contribution in [0.1, 0.15) is 11.5 Å². The lowest BCUT2D eigenvalue weighted by molar-refractivity contribution is -0.644. The predicted molar refractivity (Wildman–Crippen MR) is 130 cm³/mol. The van der Waals surface area contributed by atoms with Gasteiger partial charge in [0.25, 0.3) is 11.8 Å². The Kier molecular flexibility index (Phi) is 6.34. The zero-order chi connectivity index (χ0) is 26.3. The summed E-state index contributed by atoms with van der Waals surface area (Å²) in [5.41, 5.74) is 6.95. The van der Waals surface area contributed by atoms with E-state index in [1.807, 2.05) is 23.9 Å². The number of carboxylic acids is 1. The molecule has 0 bridgehead atoms. The van der Waals surface area contributed by atoms with E-state index in [1.165, 1.54) is 18.9 Å². The number of nitrogens with two attached hydrogens (primary N) is 1. The van der Waals surface area contributed by atoms with E-state index in [4.69, 9.17) is 10.6 Å². The van der Waals surface area contributed by atoms with Gasteiger partial charge in [-0.15, -0.1) is 16.3 Å². The van der Waals surface area contributed by atoms with Crippen molar-refractivity contribution in [1.82, 2.24) is 29.2 Å². The van der Waals surface area contributed by atoms with Crippen LogP contribution in [0, 0.1) is 0 Å². The molecule has 0 aromatic carbocycles. The molecule has 2 aliphatic rings. The van der Waals surface area contributed by atoms with Crippen LogP contribution >= 0.6 is 23.3 Å². The van der Waals surface area contributed by atoms with Crippen LogP contribution in [-0.2, 0) is 26.3 Å². The van der Waals surface area contributed by atoms with Crippen molar-refractivity contribution in [3.63, 3.8) is 0 Å². The minimum atomic E-state index is -1.49. The Bertz CT molecular complexity index is 1530. The Labute approximate surface area is 217 Å². The van der Waals surface area contributed by atoms with Crippen LogP contribution in [0.2, 0.25) is 0 Å². The standard InChI is InChI=1S/C21H19N9O5S2/c1-28-7-8-29-12(28)6-5-11(25-29)4-3-10-9-36-19-14(18(32)30(19)15(10)20(33)34)23-17(31)13(26-35-2)16-24-21(22)37-27-16/h3-8,14,19H,9H2,1-2H3,(H3-,22,23,24,27,31,33,34)/b4-3-,26-13-/t14-,19-/m1/s1. The molecule has 0 radical (unpaired) electrons. The van der Waals surface area contributed by atoms with E-state index < -0.39 is 29.2 Å². The van der Waals surface area contributed by atoms with E-state index in [0.717, 1.165) is 22.1 Å². The number of carboxylic acid groups (broad SMARTS) is 1. The van der Waals surface area contributed by atoms with Crippen LogP contribution < -0.4 is 20.7 Å². The molecule has 5 heterocycles. The van der Waals surface area contributed by atoms with E-state index in [-0.39, 0.29) is 28.1 Å². The van der Waals surface area contributed by atoms with E-state index >= 15 is 0 Å².